The average Bonchev–Trinajstić information content (AvgIpc) is 2.91. The second kappa shape index (κ2) is 11.6. The summed E-state index contributed by atoms with van der Waals surface area (Å²) < 4.78 is 7.40. The summed E-state index contributed by atoms with van der Waals surface area (Å²) in [4.78, 5) is 33.9. The third-order valence-corrected chi connectivity index (χ3v) is 6.56. The van der Waals surface area contributed by atoms with Crippen molar-refractivity contribution in [1.29, 1.82) is 0 Å². The summed E-state index contributed by atoms with van der Waals surface area (Å²) in [6, 6.07) is 21.6. The molecule has 0 aliphatic rings. The lowest BCUT2D eigenvalue weighted by atomic mass is 10.1. The number of benzene rings is 3. The van der Waals surface area contributed by atoms with Crippen molar-refractivity contribution < 1.29 is 9.53 Å². The first-order valence-electron chi connectivity index (χ1n) is 12.6. The Hall–Kier alpha value is -3.64. The van der Waals surface area contributed by atoms with Gasteiger partial charge in [0.25, 0.3) is 11.5 Å². The number of aromatic nitrogens is 2. The van der Waals surface area contributed by atoms with E-state index >= 15 is 0 Å². The molecule has 0 radical (unpaired) electrons. The van der Waals surface area contributed by atoms with Crippen LogP contribution in [0.5, 0.6) is 5.75 Å². The van der Waals surface area contributed by atoms with Gasteiger partial charge in [0, 0.05) is 11.6 Å². The lowest BCUT2D eigenvalue weighted by Crippen LogP contribution is -2.41. The van der Waals surface area contributed by atoms with Crippen LogP contribution < -0.4 is 10.3 Å². The van der Waals surface area contributed by atoms with Gasteiger partial charge in [-0.2, -0.15) is 0 Å². The molecule has 1 amide bonds. The van der Waals surface area contributed by atoms with Crippen LogP contribution in [-0.2, 0) is 11.2 Å². The number of ether oxygens (including phenoxy) is 1. The molecule has 4 aromatic rings. The summed E-state index contributed by atoms with van der Waals surface area (Å²) in [6.45, 7) is 8.46. The van der Waals surface area contributed by atoms with Crippen molar-refractivity contribution in [1.82, 2.24) is 14.5 Å². The van der Waals surface area contributed by atoms with E-state index < -0.39 is 6.04 Å². The Kier molecular flexibility index (Phi) is 8.29. The van der Waals surface area contributed by atoms with Crippen molar-refractivity contribution in [3.63, 3.8) is 0 Å². The van der Waals surface area contributed by atoms with Gasteiger partial charge in [0.05, 0.1) is 22.6 Å². The molecule has 4 rings (SSSR count). The second-order valence-electron chi connectivity index (χ2n) is 9.51. The van der Waals surface area contributed by atoms with Crippen LogP contribution in [0.25, 0.3) is 16.6 Å². The highest BCUT2D eigenvalue weighted by Crippen LogP contribution is 2.25. The van der Waals surface area contributed by atoms with Gasteiger partial charge in [-0.25, -0.2) is 4.98 Å². The smallest absolute Gasteiger partial charge is 0.266 e. The number of nitrogens with zero attached hydrogens (tertiary/aromatic N) is 3. The van der Waals surface area contributed by atoms with E-state index in [1.165, 1.54) is 5.56 Å². The number of carbonyl (C=O) groups excluding carboxylic acids is 1. The molecular weight excluding hydrogens is 486 g/mol. The van der Waals surface area contributed by atoms with Crippen LogP contribution in [-0.4, -0.2) is 33.5 Å². The van der Waals surface area contributed by atoms with Crippen molar-refractivity contribution in [3.8, 4) is 11.4 Å². The number of rotatable bonds is 9. The van der Waals surface area contributed by atoms with Crippen LogP contribution in [0, 0.1) is 5.92 Å². The van der Waals surface area contributed by atoms with E-state index in [0.29, 0.717) is 34.0 Å². The molecule has 37 heavy (non-hydrogen) atoms. The average molecular weight is 518 g/mol. The third-order valence-electron chi connectivity index (χ3n) is 6.30. The van der Waals surface area contributed by atoms with Crippen molar-refractivity contribution >= 4 is 28.4 Å². The molecule has 1 heterocycles. The highest BCUT2D eigenvalue weighted by molar-refractivity contribution is 6.30. The fraction of sp³-hybridized carbons (Fsp3) is 0.300. The van der Waals surface area contributed by atoms with Gasteiger partial charge in [-0.15, -0.1) is 0 Å². The normalized spacial score (nSPS) is 12.1. The van der Waals surface area contributed by atoms with Crippen molar-refractivity contribution in [3.05, 3.63) is 99.6 Å². The van der Waals surface area contributed by atoms with E-state index in [0.717, 1.165) is 12.1 Å². The molecule has 0 aliphatic heterocycles. The zero-order chi connectivity index (χ0) is 26.5. The maximum Gasteiger partial charge on any atom is 0.266 e. The highest BCUT2D eigenvalue weighted by Gasteiger charge is 2.28. The van der Waals surface area contributed by atoms with E-state index in [1.54, 1.807) is 39.8 Å². The van der Waals surface area contributed by atoms with Crippen LogP contribution in [0.3, 0.4) is 0 Å². The van der Waals surface area contributed by atoms with Gasteiger partial charge in [-0.1, -0.05) is 56.6 Å². The van der Waals surface area contributed by atoms with E-state index in [4.69, 9.17) is 21.3 Å². The quantitative estimate of drug-likeness (QED) is 0.264. The Labute approximate surface area is 222 Å². The predicted molar refractivity (Wildman–Crippen MR) is 149 cm³/mol. The molecule has 0 N–H and O–H groups in total. The standard InChI is InChI=1S/C30H32ClN3O3/c1-5-22-10-14-24(15-11-22)34-29(32-27-9-7-6-8-26(27)30(34)36)21(4)33(18-20(2)3)28(35)19-37-25-16-12-23(31)13-17-25/h6-17,20-21H,5,18-19H2,1-4H3. The number of hydrogen-bond donors (Lipinski definition) is 0. The molecule has 6 nitrogen and oxygen atoms in total. The molecule has 7 heteroatoms. The zero-order valence-electron chi connectivity index (χ0n) is 21.6. The van der Waals surface area contributed by atoms with Crippen LogP contribution >= 0.6 is 11.6 Å². The molecule has 1 unspecified atom stereocenters. The fourth-order valence-electron chi connectivity index (χ4n) is 4.33. The molecule has 0 saturated heterocycles. The maximum atomic E-state index is 13.7. The predicted octanol–water partition coefficient (Wildman–Crippen LogP) is 6.23. The van der Waals surface area contributed by atoms with Crippen LogP contribution in [0.4, 0.5) is 0 Å². The van der Waals surface area contributed by atoms with E-state index in [9.17, 15) is 9.59 Å². The lowest BCUT2D eigenvalue weighted by Gasteiger charge is -2.32. The molecule has 0 saturated carbocycles. The fourth-order valence-corrected chi connectivity index (χ4v) is 4.45. The van der Waals surface area contributed by atoms with Gasteiger partial charge in [0.1, 0.15) is 11.6 Å². The summed E-state index contributed by atoms with van der Waals surface area (Å²) >= 11 is 5.96. The van der Waals surface area contributed by atoms with E-state index in [2.05, 4.69) is 20.8 Å². The number of fused-ring (bicyclic) bond motifs is 1. The van der Waals surface area contributed by atoms with Gasteiger partial charge in [0.15, 0.2) is 6.61 Å². The molecule has 0 fully saturated rings. The van der Waals surface area contributed by atoms with Gasteiger partial charge >= 0.3 is 0 Å². The Morgan fingerprint density at radius 3 is 2.32 bits per heavy atom. The topological polar surface area (TPSA) is 64.4 Å². The molecule has 0 spiro atoms. The summed E-state index contributed by atoms with van der Waals surface area (Å²) in [7, 11) is 0. The number of amides is 1. The second-order valence-corrected chi connectivity index (χ2v) is 9.94. The molecule has 0 aliphatic carbocycles. The summed E-state index contributed by atoms with van der Waals surface area (Å²) in [5, 5.41) is 1.13. The monoisotopic (exact) mass is 517 g/mol. The first-order chi connectivity index (χ1) is 17.8. The first kappa shape index (κ1) is 26.4. The van der Waals surface area contributed by atoms with Crippen molar-refractivity contribution in [2.75, 3.05) is 13.2 Å². The Morgan fingerprint density at radius 2 is 1.68 bits per heavy atom. The molecular formula is C30H32ClN3O3. The molecule has 0 bridgehead atoms. The Morgan fingerprint density at radius 1 is 1.00 bits per heavy atom. The first-order valence-corrected chi connectivity index (χ1v) is 12.9. The Bertz CT molecular complexity index is 1430. The van der Waals surface area contributed by atoms with E-state index in [-0.39, 0.29) is 24.0 Å². The van der Waals surface area contributed by atoms with Gasteiger partial charge < -0.3 is 9.64 Å². The minimum atomic E-state index is -0.480. The van der Waals surface area contributed by atoms with Crippen LogP contribution in [0.15, 0.2) is 77.6 Å². The third kappa shape index (κ3) is 6.03. The summed E-state index contributed by atoms with van der Waals surface area (Å²) in [5.74, 6) is 1.08. The number of halogens is 1. The number of carbonyl (C=O) groups is 1. The minimum absolute atomic E-state index is 0.137. The van der Waals surface area contributed by atoms with Gasteiger partial charge in [-0.3, -0.25) is 14.2 Å². The SMILES string of the molecule is CCc1ccc(-n2c(C(C)N(CC(C)C)C(=O)COc3ccc(Cl)cc3)nc3ccccc3c2=O)cc1. The number of hydrogen-bond acceptors (Lipinski definition) is 4. The van der Waals surface area contributed by atoms with Crippen LogP contribution in [0.1, 0.15) is 45.1 Å². The molecule has 192 valence electrons. The van der Waals surface area contributed by atoms with E-state index in [1.807, 2.05) is 49.4 Å². The van der Waals surface area contributed by atoms with Crippen molar-refractivity contribution in [2.45, 2.75) is 40.2 Å². The molecule has 3 aromatic carbocycles. The minimum Gasteiger partial charge on any atom is -0.484 e. The summed E-state index contributed by atoms with van der Waals surface area (Å²) in [5.41, 5.74) is 2.34. The van der Waals surface area contributed by atoms with Gasteiger partial charge in [0.2, 0.25) is 0 Å². The maximum absolute atomic E-state index is 13.7. The number of aryl methyl sites for hydroxylation is 1. The Balaban J connectivity index is 1.76. The number of para-hydroxylation sites is 1. The van der Waals surface area contributed by atoms with Gasteiger partial charge in [-0.05, 0) is 73.4 Å². The lowest BCUT2D eigenvalue weighted by molar-refractivity contribution is -0.136. The highest BCUT2D eigenvalue weighted by atomic mass is 35.5. The zero-order valence-corrected chi connectivity index (χ0v) is 22.4. The molecule has 1 aromatic heterocycles. The largest absolute Gasteiger partial charge is 0.484 e. The molecule has 1 atom stereocenters. The van der Waals surface area contributed by atoms with Crippen molar-refractivity contribution in [2.24, 2.45) is 5.92 Å². The summed E-state index contributed by atoms with van der Waals surface area (Å²) in [6.07, 6.45) is 0.901. The van der Waals surface area contributed by atoms with Crippen LogP contribution in [0.2, 0.25) is 5.02 Å².